The Bertz CT molecular complexity index is 394. The molecule has 1 atom stereocenters. The summed E-state index contributed by atoms with van der Waals surface area (Å²) >= 11 is 0. The monoisotopic (exact) mass is 235 g/mol. The van der Waals surface area contributed by atoms with Crippen LogP contribution in [0.1, 0.15) is 18.4 Å². The normalized spacial score (nSPS) is 19.2. The maximum atomic E-state index is 11.7. The topological polar surface area (TPSA) is 87.4 Å². The van der Waals surface area contributed by atoms with Crippen molar-refractivity contribution < 1.29 is 9.90 Å². The molecule has 1 aromatic carbocycles. The number of benzene rings is 1. The third-order valence-electron chi connectivity index (χ3n) is 3.00. The number of nitrogens with two attached hydrogens (primary N) is 1. The van der Waals surface area contributed by atoms with Gasteiger partial charge in [-0.15, -0.1) is 0 Å². The maximum Gasteiger partial charge on any atom is 0.237 e. The van der Waals surface area contributed by atoms with Gasteiger partial charge < -0.3 is 21.5 Å². The summed E-state index contributed by atoms with van der Waals surface area (Å²) in [5, 5.41) is 15.5. The highest BCUT2D eigenvalue weighted by molar-refractivity contribution is 5.82. The van der Waals surface area contributed by atoms with Gasteiger partial charge in [0.2, 0.25) is 5.91 Å². The van der Waals surface area contributed by atoms with E-state index in [4.69, 9.17) is 5.73 Å². The summed E-state index contributed by atoms with van der Waals surface area (Å²) in [4.78, 5) is 11.7. The quantitative estimate of drug-likeness (QED) is 0.569. The molecule has 0 aromatic heterocycles. The first-order valence-corrected chi connectivity index (χ1v) is 5.76. The second kappa shape index (κ2) is 5.05. The predicted molar refractivity (Wildman–Crippen MR) is 65.4 cm³/mol. The van der Waals surface area contributed by atoms with Crippen LogP contribution >= 0.6 is 0 Å². The maximum absolute atomic E-state index is 11.7. The van der Waals surface area contributed by atoms with Crippen LogP contribution in [0.3, 0.4) is 0 Å². The highest BCUT2D eigenvalue weighted by Crippen LogP contribution is 2.22. The average Bonchev–Trinajstić information content (AvgIpc) is 2.81. The van der Waals surface area contributed by atoms with E-state index in [0.717, 1.165) is 19.4 Å². The number of nitrogens with one attached hydrogen (secondary N) is 2. The van der Waals surface area contributed by atoms with Crippen LogP contribution in [0.15, 0.2) is 18.2 Å². The number of anilines is 1. The molecule has 1 aromatic rings. The van der Waals surface area contributed by atoms with Crippen LogP contribution in [-0.2, 0) is 11.3 Å². The predicted octanol–water partition coefficient (Wildman–Crippen LogP) is 0.343. The Kier molecular flexibility index (Phi) is 3.49. The number of nitrogen functional groups attached to an aromatic ring is 1. The van der Waals surface area contributed by atoms with Gasteiger partial charge in [-0.1, -0.05) is 6.07 Å². The molecular weight excluding hydrogens is 218 g/mol. The van der Waals surface area contributed by atoms with Gasteiger partial charge in [0.05, 0.1) is 6.04 Å². The van der Waals surface area contributed by atoms with Crippen molar-refractivity contribution in [2.45, 2.75) is 25.4 Å². The minimum Gasteiger partial charge on any atom is -0.508 e. The van der Waals surface area contributed by atoms with Gasteiger partial charge in [0.25, 0.3) is 0 Å². The highest BCUT2D eigenvalue weighted by Gasteiger charge is 2.21. The molecule has 0 bridgehead atoms. The van der Waals surface area contributed by atoms with E-state index in [9.17, 15) is 9.90 Å². The molecule has 0 saturated carbocycles. The van der Waals surface area contributed by atoms with E-state index in [-0.39, 0.29) is 24.2 Å². The van der Waals surface area contributed by atoms with E-state index in [1.54, 1.807) is 18.2 Å². The number of phenols is 1. The summed E-state index contributed by atoms with van der Waals surface area (Å²) in [6.45, 7) is 1.15. The zero-order valence-electron chi connectivity index (χ0n) is 9.57. The van der Waals surface area contributed by atoms with Gasteiger partial charge in [0.1, 0.15) is 5.75 Å². The molecule has 0 spiro atoms. The molecule has 1 amide bonds. The number of hydrogen-bond donors (Lipinski definition) is 4. The van der Waals surface area contributed by atoms with Crippen LogP contribution in [0.2, 0.25) is 0 Å². The van der Waals surface area contributed by atoms with Crippen molar-refractivity contribution in [1.29, 1.82) is 0 Å². The molecule has 5 N–H and O–H groups in total. The Morgan fingerprint density at radius 3 is 3.06 bits per heavy atom. The van der Waals surface area contributed by atoms with Crippen molar-refractivity contribution in [3.63, 3.8) is 0 Å². The summed E-state index contributed by atoms with van der Waals surface area (Å²) in [5.74, 6) is 0.0786. The first-order valence-electron chi connectivity index (χ1n) is 5.76. The van der Waals surface area contributed by atoms with Crippen LogP contribution in [-0.4, -0.2) is 23.6 Å². The molecule has 5 nitrogen and oxygen atoms in total. The lowest BCUT2D eigenvalue weighted by atomic mass is 10.1. The van der Waals surface area contributed by atoms with Crippen LogP contribution in [0.4, 0.5) is 5.69 Å². The molecule has 17 heavy (non-hydrogen) atoms. The van der Waals surface area contributed by atoms with Crippen molar-refractivity contribution in [3.8, 4) is 5.75 Å². The van der Waals surface area contributed by atoms with E-state index in [1.807, 2.05) is 0 Å². The lowest BCUT2D eigenvalue weighted by molar-refractivity contribution is -0.122. The van der Waals surface area contributed by atoms with E-state index in [1.165, 1.54) is 0 Å². The summed E-state index contributed by atoms with van der Waals surface area (Å²) < 4.78 is 0. The number of rotatable bonds is 3. The van der Waals surface area contributed by atoms with Gasteiger partial charge in [-0.05, 0) is 31.5 Å². The number of aromatic hydroxyl groups is 1. The molecule has 1 unspecified atom stereocenters. The van der Waals surface area contributed by atoms with Crippen LogP contribution < -0.4 is 16.4 Å². The number of carbonyl (C=O) groups excluding carboxylic acids is 1. The molecular formula is C12H17N3O2. The highest BCUT2D eigenvalue weighted by atomic mass is 16.3. The fourth-order valence-corrected chi connectivity index (χ4v) is 1.99. The average molecular weight is 235 g/mol. The van der Waals surface area contributed by atoms with Crippen LogP contribution in [0.25, 0.3) is 0 Å². The fraction of sp³-hybridized carbons (Fsp3) is 0.417. The van der Waals surface area contributed by atoms with E-state index in [0.29, 0.717) is 11.3 Å². The van der Waals surface area contributed by atoms with Crippen LogP contribution in [0.5, 0.6) is 5.75 Å². The Morgan fingerprint density at radius 1 is 1.59 bits per heavy atom. The van der Waals surface area contributed by atoms with Gasteiger partial charge in [-0.2, -0.15) is 0 Å². The second-order valence-electron chi connectivity index (χ2n) is 4.21. The lowest BCUT2D eigenvalue weighted by Gasteiger charge is -2.13. The standard InChI is InChI=1S/C12H17N3O2/c13-9-3-1-5-11(16)8(9)7-15-12(17)10-4-2-6-14-10/h1,3,5,10,14,16H,2,4,6-7,13H2,(H,15,17). The summed E-state index contributed by atoms with van der Waals surface area (Å²) in [6, 6.07) is 4.83. The zero-order valence-corrected chi connectivity index (χ0v) is 9.57. The molecule has 1 aliphatic rings. The Labute approximate surface area is 100 Å². The van der Waals surface area contributed by atoms with E-state index >= 15 is 0 Å². The first kappa shape index (κ1) is 11.7. The Hall–Kier alpha value is -1.75. The largest absolute Gasteiger partial charge is 0.508 e. The van der Waals surface area contributed by atoms with Gasteiger partial charge in [0.15, 0.2) is 0 Å². The van der Waals surface area contributed by atoms with Gasteiger partial charge in [-0.25, -0.2) is 0 Å². The summed E-state index contributed by atoms with van der Waals surface area (Å²) in [5.41, 5.74) is 6.79. The zero-order chi connectivity index (χ0) is 12.3. The summed E-state index contributed by atoms with van der Waals surface area (Å²) in [6.07, 6.45) is 1.89. The number of phenolic OH excluding ortho intramolecular Hbond substituents is 1. The molecule has 0 radical (unpaired) electrons. The van der Waals surface area contributed by atoms with Crippen molar-refractivity contribution in [2.24, 2.45) is 0 Å². The van der Waals surface area contributed by atoms with Gasteiger partial charge in [0, 0.05) is 17.8 Å². The SMILES string of the molecule is Nc1cccc(O)c1CNC(=O)C1CCCN1. The summed E-state index contributed by atoms with van der Waals surface area (Å²) in [7, 11) is 0. The van der Waals surface area contributed by atoms with E-state index in [2.05, 4.69) is 10.6 Å². The van der Waals surface area contributed by atoms with Gasteiger partial charge >= 0.3 is 0 Å². The second-order valence-corrected chi connectivity index (χ2v) is 4.21. The molecule has 92 valence electrons. The van der Waals surface area contributed by atoms with Gasteiger partial charge in [-0.3, -0.25) is 4.79 Å². The van der Waals surface area contributed by atoms with Crippen molar-refractivity contribution in [1.82, 2.24) is 10.6 Å². The number of carbonyl (C=O) groups is 1. The molecule has 1 aliphatic heterocycles. The molecule has 2 rings (SSSR count). The minimum atomic E-state index is -0.109. The third-order valence-corrected chi connectivity index (χ3v) is 3.00. The molecule has 1 saturated heterocycles. The first-order chi connectivity index (χ1) is 8.18. The third kappa shape index (κ3) is 2.68. The number of amides is 1. The number of hydrogen-bond acceptors (Lipinski definition) is 4. The van der Waals surface area contributed by atoms with Crippen molar-refractivity contribution in [3.05, 3.63) is 23.8 Å². The smallest absolute Gasteiger partial charge is 0.237 e. The lowest BCUT2D eigenvalue weighted by Crippen LogP contribution is -2.40. The van der Waals surface area contributed by atoms with E-state index < -0.39 is 0 Å². The Morgan fingerprint density at radius 2 is 2.41 bits per heavy atom. The Balaban J connectivity index is 1.95. The molecule has 1 heterocycles. The minimum absolute atomic E-state index is 0.0369. The molecule has 5 heteroatoms. The van der Waals surface area contributed by atoms with Crippen molar-refractivity contribution in [2.75, 3.05) is 12.3 Å². The molecule has 0 aliphatic carbocycles. The fourth-order valence-electron chi connectivity index (χ4n) is 1.99. The van der Waals surface area contributed by atoms with Crippen LogP contribution in [0, 0.1) is 0 Å². The van der Waals surface area contributed by atoms with Crippen molar-refractivity contribution >= 4 is 11.6 Å². The molecule has 1 fully saturated rings.